The quantitative estimate of drug-likeness (QED) is 0.495. The second kappa shape index (κ2) is 8.83. The molecule has 0 aromatic heterocycles. The van der Waals surface area contributed by atoms with E-state index in [2.05, 4.69) is 5.32 Å². The number of benzene rings is 2. The molecular formula is C21H21F3N2O5. The average Bonchev–Trinajstić information content (AvgIpc) is 3.53. The molecule has 3 rings (SSSR count). The van der Waals surface area contributed by atoms with Gasteiger partial charge in [0.25, 0.3) is 5.69 Å². The molecule has 7 nitrogen and oxygen atoms in total. The van der Waals surface area contributed by atoms with Crippen molar-refractivity contribution in [1.29, 1.82) is 0 Å². The fourth-order valence-electron chi connectivity index (χ4n) is 3.64. The Bertz CT molecular complexity index is 993. The molecule has 0 radical (unpaired) electrons. The van der Waals surface area contributed by atoms with Crippen molar-refractivity contribution in [2.24, 2.45) is 5.92 Å². The van der Waals surface area contributed by atoms with Crippen molar-refractivity contribution in [3.05, 3.63) is 63.2 Å². The highest BCUT2D eigenvalue weighted by molar-refractivity contribution is 5.83. The molecule has 1 amide bonds. The van der Waals surface area contributed by atoms with Crippen LogP contribution in [0.4, 0.5) is 18.9 Å². The van der Waals surface area contributed by atoms with Crippen molar-refractivity contribution in [1.82, 2.24) is 5.32 Å². The van der Waals surface area contributed by atoms with Gasteiger partial charge in [-0.15, -0.1) is 0 Å². The van der Waals surface area contributed by atoms with Crippen LogP contribution in [0.2, 0.25) is 0 Å². The zero-order valence-electron chi connectivity index (χ0n) is 16.9. The summed E-state index contributed by atoms with van der Waals surface area (Å²) >= 11 is 0. The summed E-state index contributed by atoms with van der Waals surface area (Å²) in [6.45, 7) is 0.0965. The molecule has 0 heterocycles. The Labute approximate surface area is 176 Å². The lowest BCUT2D eigenvalue weighted by molar-refractivity contribution is -0.385. The normalized spacial score (nSPS) is 17.7. The van der Waals surface area contributed by atoms with Gasteiger partial charge in [-0.1, -0.05) is 18.2 Å². The average molecular weight is 438 g/mol. The van der Waals surface area contributed by atoms with Crippen LogP contribution < -0.4 is 14.8 Å². The number of amides is 1. The minimum atomic E-state index is -4.48. The number of nitro benzene ring substituents is 1. The van der Waals surface area contributed by atoms with E-state index in [0.717, 1.165) is 6.07 Å². The lowest BCUT2D eigenvalue weighted by Gasteiger charge is -2.13. The lowest BCUT2D eigenvalue weighted by atomic mass is 10.0. The van der Waals surface area contributed by atoms with Crippen molar-refractivity contribution in [3.63, 3.8) is 0 Å². The summed E-state index contributed by atoms with van der Waals surface area (Å²) in [5.74, 6) is -0.881. The molecule has 2 aromatic carbocycles. The van der Waals surface area contributed by atoms with Gasteiger partial charge in [-0.3, -0.25) is 14.9 Å². The van der Waals surface area contributed by atoms with Crippen molar-refractivity contribution in [2.45, 2.75) is 24.9 Å². The number of nitro groups is 1. The van der Waals surface area contributed by atoms with Gasteiger partial charge in [0.15, 0.2) is 11.5 Å². The fourth-order valence-corrected chi connectivity index (χ4v) is 3.64. The summed E-state index contributed by atoms with van der Waals surface area (Å²) in [6.07, 6.45) is -4.00. The Kier molecular flexibility index (Phi) is 6.37. The highest BCUT2D eigenvalue weighted by atomic mass is 19.4. The van der Waals surface area contributed by atoms with E-state index >= 15 is 0 Å². The van der Waals surface area contributed by atoms with Crippen LogP contribution in [0.15, 0.2) is 36.4 Å². The Hall–Kier alpha value is -3.30. The minimum absolute atomic E-state index is 0.0965. The zero-order valence-corrected chi connectivity index (χ0v) is 16.9. The maximum absolute atomic E-state index is 13.2. The third-order valence-corrected chi connectivity index (χ3v) is 5.27. The van der Waals surface area contributed by atoms with Crippen molar-refractivity contribution >= 4 is 11.6 Å². The number of hydrogen-bond donors (Lipinski definition) is 1. The third kappa shape index (κ3) is 4.89. The van der Waals surface area contributed by atoms with Crippen molar-refractivity contribution in [2.75, 3.05) is 20.8 Å². The van der Waals surface area contributed by atoms with Gasteiger partial charge in [-0.2, -0.15) is 13.2 Å². The summed E-state index contributed by atoms with van der Waals surface area (Å²) < 4.78 is 49.8. The van der Waals surface area contributed by atoms with E-state index in [-0.39, 0.29) is 35.9 Å². The fraction of sp³-hybridized carbons (Fsp3) is 0.381. The first-order valence-electron chi connectivity index (χ1n) is 9.50. The van der Waals surface area contributed by atoms with Crippen LogP contribution in [-0.2, 0) is 17.4 Å². The molecule has 0 spiro atoms. The zero-order chi connectivity index (χ0) is 22.8. The first-order chi connectivity index (χ1) is 14.7. The summed E-state index contributed by atoms with van der Waals surface area (Å²) in [7, 11) is 2.77. The van der Waals surface area contributed by atoms with Crippen molar-refractivity contribution in [3.8, 4) is 11.5 Å². The molecule has 10 heteroatoms. The van der Waals surface area contributed by atoms with Crippen LogP contribution in [0.25, 0.3) is 0 Å². The van der Waals surface area contributed by atoms with E-state index in [4.69, 9.17) is 9.47 Å². The van der Waals surface area contributed by atoms with Crippen LogP contribution in [0.3, 0.4) is 0 Å². The number of nitrogens with zero attached hydrogens (tertiary/aromatic N) is 1. The number of carbonyl (C=O) groups excluding carboxylic acids is 1. The molecule has 166 valence electrons. The van der Waals surface area contributed by atoms with Gasteiger partial charge < -0.3 is 14.8 Å². The summed E-state index contributed by atoms with van der Waals surface area (Å²) in [6, 6.07) is 7.98. The number of alkyl halides is 3. The largest absolute Gasteiger partial charge is 0.493 e. The topological polar surface area (TPSA) is 90.7 Å². The number of nitrogens with one attached hydrogen (secondary N) is 1. The summed E-state index contributed by atoms with van der Waals surface area (Å²) in [4.78, 5) is 23.2. The van der Waals surface area contributed by atoms with Gasteiger partial charge in [0, 0.05) is 18.0 Å². The summed E-state index contributed by atoms with van der Waals surface area (Å²) in [5, 5.41) is 14.0. The molecule has 0 saturated heterocycles. The van der Waals surface area contributed by atoms with Crippen LogP contribution in [0.1, 0.15) is 29.0 Å². The van der Waals surface area contributed by atoms with Crippen molar-refractivity contribution < 1.29 is 32.4 Å². The number of rotatable bonds is 8. The van der Waals surface area contributed by atoms with Crippen LogP contribution in [-0.4, -0.2) is 31.6 Å². The first-order valence-corrected chi connectivity index (χ1v) is 9.50. The highest BCUT2D eigenvalue weighted by Gasteiger charge is 2.47. The standard InChI is InChI=1S/C21H21F3N2O5/c1-30-18-9-12(17(26(28)29)11-19(18)31-2)7-8-25-20(27)15-10-14(15)13-5-3-4-6-16(13)21(22,23)24/h3-6,9,11,14-15H,7-8,10H2,1-2H3,(H,25,27). The molecule has 31 heavy (non-hydrogen) atoms. The predicted octanol–water partition coefficient (Wildman–Crippen LogP) is 4.09. The molecule has 0 aliphatic heterocycles. The van der Waals surface area contributed by atoms with Gasteiger partial charge in [0.1, 0.15) is 0 Å². The SMILES string of the molecule is COc1cc(CCNC(=O)C2CC2c2ccccc2C(F)(F)F)c([N+](=O)[O-])cc1OC. The number of carbonyl (C=O) groups is 1. The molecule has 1 aliphatic carbocycles. The number of hydrogen-bond acceptors (Lipinski definition) is 5. The Morgan fingerprint density at radius 3 is 2.45 bits per heavy atom. The molecular weight excluding hydrogens is 417 g/mol. The molecule has 0 bridgehead atoms. The molecule has 2 atom stereocenters. The van der Waals surface area contributed by atoms with Gasteiger partial charge in [-0.05, 0) is 36.5 Å². The Balaban J connectivity index is 1.64. The molecule has 2 unspecified atom stereocenters. The Morgan fingerprint density at radius 2 is 1.84 bits per heavy atom. The highest BCUT2D eigenvalue weighted by Crippen LogP contribution is 2.51. The van der Waals surface area contributed by atoms with E-state index in [1.165, 1.54) is 44.6 Å². The van der Waals surface area contributed by atoms with E-state index in [0.29, 0.717) is 17.7 Å². The van der Waals surface area contributed by atoms with Crippen LogP contribution in [0, 0.1) is 16.0 Å². The second-order valence-electron chi connectivity index (χ2n) is 7.17. The smallest absolute Gasteiger partial charge is 0.416 e. The van der Waals surface area contributed by atoms with E-state index in [1.54, 1.807) is 0 Å². The maximum atomic E-state index is 13.2. The monoisotopic (exact) mass is 438 g/mol. The third-order valence-electron chi connectivity index (χ3n) is 5.27. The van der Waals surface area contributed by atoms with Gasteiger partial charge >= 0.3 is 6.18 Å². The summed E-state index contributed by atoms with van der Waals surface area (Å²) in [5.41, 5.74) is -0.435. The molecule has 1 aliphatic rings. The van der Waals surface area contributed by atoms with Crippen LogP contribution in [0.5, 0.6) is 11.5 Å². The second-order valence-corrected chi connectivity index (χ2v) is 7.17. The van der Waals surface area contributed by atoms with Gasteiger partial charge in [0.05, 0.1) is 30.8 Å². The van der Waals surface area contributed by atoms with Crippen LogP contribution >= 0.6 is 0 Å². The van der Waals surface area contributed by atoms with E-state index in [9.17, 15) is 28.1 Å². The first kappa shape index (κ1) is 22.4. The molecule has 1 saturated carbocycles. The number of ether oxygens (including phenoxy) is 2. The Morgan fingerprint density at radius 1 is 1.19 bits per heavy atom. The molecule has 1 fully saturated rings. The minimum Gasteiger partial charge on any atom is -0.493 e. The van der Waals surface area contributed by atoms with Gasteiger partial charge in [0.2, 0.25) is 5.91 Å². The predicted molar refractivity (Wildman–Crippen MR) is 105 cm³/mol. The number of methoxy groups -OCH3 is 2. The number of halogens is 3. The van der Waals surface area contributed by atoms with E-state index in [1.807, 2.05) is 0 Å². The molecule has 1 N–H and O–H groups in total. The lowest BCUT2D eigenvalue weighted by Crippen LogP contribution is -2.27. The van der Waals surface area contributed by atoms with Gasteiger partial charge in [-0.25, -0.2) is 0 Å². The van der Waals surface area contributed by atoms with E-state index < -0.39 is 28.5 Å². The maximum Gasteiger partial charge on any atom is 0.416 e. The molecule has 2 aromatic rings.